The molecule has 1 aliphatic heterocycles. The Morgan fingerprint density at radius 2 is 1.89 bits per heavy atom. The Hall–Kier alpha value is -0.450. The van der Waals surface area contributed by atoms with E-state index >= 15 is 0 Å². The fourth-order valence-corrected chi connectivity index (χ4v) is 2.53. The van der Waals surface area contributed by atoms with Crippen LogP contribution in [0.15, 0.2) is 0 Å². The Morgan fingerprint density at radius 1 is 1.21 bits per heavy atom. The molecule has 0 aromatic rings. The number of unbranched alkanes of at least 4 members (excludes halogenated alkanes) is 5. The molecule has 1 rings (SSSR count). The fraction of sp³-hybridized carbons (Fsp3) is 0.933. The molecule has 4 nitrogen and oxygen atoms in total. The van der Waals surface area contributed by atoms with Crippen molar-refractivity contribution in [3.8, 4) is 0 Å². The maximum atomic E-state index is 12.2. The molecule has 112 valence electrons. The van der Waals surface area contributed by atoms with Crippen LogP contribution in [-0.4, -0.2) is 32.1 Å². The second-order valence-corrected chi connectivity index (χ2v) is 5.22. The Balaban J connectivity index is 2.27. The second kappa shape index (κ2) is 8.67. The van der Waals surface area contributed by atoms with Crippen LogP contribution in [0.3, 0.4) is 0 Å². The smallest absolute Gasteiger partial charge is 0.231 e. The third kappa shape index (κ3) is 4.86. The topological polar surface area (TPSA) is 44.8 Å². The van der Waals surface area contributed by atoms with Gasteiger partial charge in [0, 0.05) is 33.5 Å². The van der Waals surface area contributed by atoms with Crippen molar-refractivity contribution >= 4 is 5.78 Å². The van der Waals surface area contributed by atoms with Gasteiger partial charge in [-0.25, -0.2) is 0 Å². The number of methoxy groups -OCH3 is 2. The lowest BCUT2D eigenvalue weighted by atomic mass is 10.0. The Kier molecular flexibility index (Phi) is 7.57. The van der Waals surface area contributed by atoms with Gasteiger partial charge in [-0.15, -0.1) is 0 Å². The normalized spacial score (nSPS) is 26.8. The summed E-state index contributed by atoms with van der Waals surface area (Å²) < 4.78 is 16.1. The van der Waals surface area contributed by atoms with Crippen molar-refractivity contribution in [1.29, 1.82) is 0 Å². The molecule has 0 bridgehead atoms. The number of carbonyl (C=O) groups excluding carboxylic acids is 1. The lowest BCUT2D eigenvalue weighted by molar-refractivity contribution is -0.245. The summed E-state index contributed by atoms with van der Waals surface area (Å²) in [4.78, 5) is 12.2. The maximum absolute atomic E-state index is 12.2. The van der Waals surface area contributed by atoms with Crippen molar-refractivity contribution in [3.63, 3.8) is 0 Å². The van der Waals surface area contributed by atoms with Gasteiger partial charge in [0.25, 0.3) is 0 Å². The zero-order valence-corrected chi connectivity index (χ0v) is 12.6. The minimum absolute atomic E-state index is 0.0602. The lowest BCUT2D eigenvalue weighted by Crippen LogP contribution is -2.41. The van der Waals surface area contributed by atoms with Gasteiger partial charge in [0.1, 0.15) is 0 Å². The number of hydrogen-bond donors (Lipinski definition) is 0. The Bertz CT molecular complexity index is 267. The van der Waals surface area contributed by atoms with Crippen LogP contribution in [0, 0.1) is 0 Å². The van der Waals surface area contributed by atoms with Crippen LogP contribution in [0.4, 0.5) is 0 Å². The highest BCUT2D eigenvalue weighted by Crippen LogP contribution is 2.33. The number of rotatable bonds is 10. The molecular weight excluding hydrogens is 244 g/mol. The molecule has 0 amide bonds. The molecule has 4 heteroatoms. The third-order valence-corrected chi connectivity index (χ3v) is 3.81. The molecule has 0 radical (unpaired) electrons. The van der Waals surface area contributed by atoms with Gasteiger partial charge in [-0.3, -0.25) is 4.79 Å². The third-order valence-electron chi connectivity index (χ3n) is 3.81. The standard InChI is InChI=1S/C15H28O4/c1-4-5-6-7-8-9-10-13(16)15(18-3)12-11-14(17-2)19-15/h14H,4-12H2,1-3H3. The average Bonchev–Trinajstić information content (AvgIpc) is 2.87. The molecule has 0 aromatic heterocycles. The first-order valence-electron chi connectivity index (χ1n) is 7.47. The molecule has 2 unspecified atom stereocenters. The van der Waals surface area contributed by atoms with Crippen LogP contribution < -0.4 is 0 Å². The summed E-state index contributed by atoms with van der Waals surface area (Å²) >= 11 is 0. The van der Waals surface area contributed by atoms with Crippen molar-refractivity contribution in [2.75, 3.05) is 14.2 Å². The molecule has 1 heterocycles. The van der Waals surface area contributed by atoms with Gasteiger partial charge < -0.3 is 14.2 Å². The first-order chi connectivity index (χ1) is 9.18. The first kappa shape index (κ1) is 16.6. The number of ketones is 1. The molecule has 0 spiro atoms. The van der Waals surface area contributed by atoms with Crippen molar-refractivity contribution in [1.82, 2.24) is 0 Å². The van der Waals surface area contributed by atoms with Crippen LogP contribution in [0.2, 0.25) is 0 Å². The van der Waals surface area contributed by atoms with E-state index in [-0.39, 0.29) is 12.1 Å². The minimum atomic E-state index is -1.05. The first-order valence-corrected chi connectivity index (χ1v) is 7.47. The monoisotopic (exact) mass is 272 g/mol. The highest BCUT2D eigenvalue weighted by atomic mass is 16.8. The van der Waals surface area contributed by atoms with Gasteiger partial charge in [-0.05, 0) is 6.42 Å². The number of carbonyl (C=O) groups is 1. The van der Waals surface area contributed by atoms with Crippen molar-refractivity contribution in [3.05, 3.63) is 0 Å². The van der Waals surface area contributed by atoms with E-state index in [1.54, 1.807) is 7.11 Å². The van der Waals surface area contributed by atoms with E-state index in [2.05, 4.69) is 6.92 Å². The van der Waals surface area contributed by atoms with Crippen molar-refractivity contribution < 1.29 is 19.0 Å². The Labute approximate surface area is 116 Å². The summed E-state index contributed by atoms with van der Waals surface area (Å²) in [5.74, 6) is -0.991. The molecule has 19 heavy (non-hydrogen) atoms. The minimum Gasteiger partial charge on any atom is -0.356 e. The molecule has 0 aromatic carbocycles. The van der Waals surface area contributed by atoms with Gasteiger partial charge in [-0.2, -0.15) is 0 Å². The lowest BCUT2D eigenvalue weighted by Gasteiger charge is -2.25. The molecule has 1 saturated heterocycles. The number of ether oxygens (including phenoxy) is 3. The van der Waals surface area contributed by atoms with E-state index in [1.165, 1.54) is 32.8 Å². The van der Waals surface area contributed by atoms with E-state index in [1.807, 2.05) is 0 Å². The summed E-state index contributed by atoms with van der Waals surface area (Å²) in [6.45, 7) is 2.20. The summed E-state index contributed by atoms with van der Waals surface area (Å²) in [5, 5.41) is 0. The van der Waals surface area contributed by atoms with E-state index in [0.717, 1.165) is 12.8 Å². The van der Waals surface area contributed by atoms with Crippen LogP contribution in [0.25, 0.3) is 0 Å². The summed E-state index contributed by atoms with van der Waals surface area (Å²) in [6.07, 6.45) is 8.58. The predicted octanol–water partition coefficient (Wildman–Crippen LogP) is 3.43. The van der Waals surface area contributed by atoms with Crippen LogP contribution >= 0.6 is 0 Å². The molecular formula is C15H28O4. The second-order valence-electron chi connectivity index (χ2n) is 5.22. The molecule has 0 aliphatic carbocycles. The van der Waals surface area contributed by atoms with Gasteiger partial charge in [0.2, 0.25) is 5.79 Å². The molecule has 0 saturated carbocycles. The quantitative estimate of drug-likeness (QED) is 0.571. The van der Waals surface area contributed by atoms with Crippen molar-refractivity contribution in [2.24, 2.45) is 0 Å². The molecule has 1 fully saturated rings. The maximum Gasteiger partial charge on any atom is 0.231 e. The molecule has 0 N–H and O–H groups in total. The van der Waals surface area contributed by atoms with Crippen LogP contribution in [0.1, 0.15) is 64.7 Å². The summed E-state index contributed by atoms with van der Waals surface area (Å²) in [7, 11) is 3.13. The Morgan fingerprint density at radius 3 is 2.47 bits per heavy atom. The zero-order chi connectivity index (χ0) is 14.1. The van der Waals surface area contributed by atoms with Crippen molar-refractivity contribution in [2.45, 2.75) is 76.8 Å². The average molecular weight is 272 g/mol. The fourth-order valence-electron chi connectivity index (χ4n) is 2.53. The SMILES string of the molecule is CCCCCCCCC(=O)C1(OC)CCC(OC)O1. The number of Topliss-reactive ketones (excluding diaryl/α,β-unsaturated/α-hetero) is 1. The van der Waals surface area contributed by atoms with Crippen LogP contribution in [-0.2, 0) is 19.0 Å². The van der Waals surface area contributed by atoms with Crippen LogP contribution in [0.5, 0.6) is 0 Å². The van der Waals surface area contributed by atoms with Gasteiger partial charge in [0.15, 0.2) is 12.1 Å². The van der Waals surface area contributed by atoms with E-state index < -0.39 is 5.79 Å². The predicted molar refractivity (Wildman–Crippen MR) is 73.9 cm³/mol. The molecule has 1 aliphatic rings. The molecule has 2 atom stereocenters. The largest absolute Gasteiger partial charge is 0.356 e. The van der Waals surface area contributed by atoms with E-state index in [9.17, 15) is 4.79 Å². The zero-order valence-electron chi connectivity index (χ0n) is 12.6. The highest BCUT2D eigenvalue weighted by Gasteiger charge is 2.46. The van der Waals surface area contributed by atoms with Gasteiger partial charge >= 0.3 is 0 Å². The summed E-state index contributed by atoms with van der Waals surface area (Å²) in [6, 6.07) is 0. The van der Waals surface area contributed by atoms with E-state index in [4.69, 9.17) is 14.2 Å². The van der Waals surface area contributed by atoms with Gasteiger partial charge in [-0.1, -0.05) is 39.0 Å². The van der Waals surface area contributed by atoms with Gasteiger partial charge in [0.05, 0.1) is 0 Å². The van der Waals surface area contributed by atoms with E-state index in [0.29, 0.717) is 19.3 Å². The summed E-state index contributed by atoms with van der Waals surface area (Å²) in [5.41, 5.74) is 0. The highest BCUT2D eigenvalue weighted by molar-refractivity contribution is 5.86. The number of hydrogen-bond acceptors (Lipinski definition) is 4.